The van der Waals surface area contributed by atoms with Gasteiger partial charge in [-0.1, -0.05) is 13.3 Å². The molecule has 1 unspecified atom stereocenters. The molecule has 1 aliphatic rings. The van der Waals surface area contributed by atoms with Crippen LogP contribution >= 0.6 is 0 Å². The summed E-state index contributed by atoms with van der Waals surface area (Å²) < 4.78 is 0. The molecule has 58 valence electrons. The molecule has 0 spiro atoms. The van der Waals surface area contributed by atoms with Crippen molar-refractivity contribution in [1.29, 1.82) is 0 Å². The van der Waals surface area contributed by atoms with Crippen molar-refractivity contribution < 1.29 is 4.79 Å². The van der Waals surface area contributed by atoms with Crippen LogP contribution < -0.4 is 5.32 Å². The van der Waals surface area contributed by atoms with Gasteiger partial charge in [-0.15, -0.1) is 0 Å². The molecule has 10 heavy (non-hydrogen) atoms. The molecular weight excluding hydrogens is 126 g/mol. The molecular formula is C8H15NO. The van der Waals surface area contributed by atoms with Crippen LogP contribution in [0.3, 0.4) is 0 Å². The first-order chi connectivity index (χ1) is 4.59. The minimum absolute atomic E-state index is 0.101. The van der Waals surface area contributed by atoms with Gasteiger partial charge in [0.25, 0.3) is 0 Å². The Morgan fingerprint density at radius 3 is 2.50 bits per heavy atom. The highest BCUT2D eigenvalue weighted by Crippen LogP contribution is 2.31. The molecule has 1 N–H and O–H groups in total. The average Bonchev–Trinajstić information content (AvgIpc) is 1.88. The normalized spacial score (nSPS) is 29.1. The predicted molar refractivity (Wildman–Crippen MR) is 40.6 cm³/mol. The van der Waals surface area contributed by atoms with Crippen LogP contribution in [0, 0.1) is 5.41 Å². The zero-order valence-electron chi connectivity index (χ0n) is 6.90. The lowest BCUT2D eigenvalue weighted by Crippen LogP contribution is -2.64. The molecule has 0 aromatic rings. The van der Waals surface area contributed by atoms with Crippen molar-refractivity contribution in [3.05, 3.63) is 0 Å². The van der Waals surface area contributed by atoms with Gasteiger partial charge in [-0.05, 0) is 20.3 Å². The van der Waals surface area contributed by atoms with Gasteiger partial charge in [-0.3, -0.25) is 4.79 Å². The highest BCUT2D eigenvalue weighted by Gasteiger charge is 2.46. The number of hydrogen-bond donors (Lipinski definition) is 1. The Morgan fingerprint density at radius 2 is 2.20 bits per heavy atom. The second-order valence-electron chi connectivity index (χ2n) is 3.54. The first-order valence-corrected chi connectivity index (χ1v) is 3.90. The first kappa shape index (κ1) is 7.58. The second kappa shape index (κ2) is 2.26. The first-order valence-electron chi connectivity index (χ1n) is 3.90. The standard InChI is InChI=1S/C8H15NO/c1-4-5-6-8(2,3)7(10)9-6/h6H,4-5H2,1-3H3,(H,9,10). The summed E-state index contributed by atoms with van der Waals surface area (Å²) in [5.41, 5.74) is -0.101. The minimum Gasteiger partial charge on any atom is -0.352 e. The summed E-state index contributed by atoms with van der Waals surface area (Å²) in [5.74, 6) is 0.200. The van der Waals surface area contributed by atoms with Crippen LogP contribution in [0.2, 0.25) is 0 Å². The lowest BCUT2D eigenvalue weighted by atomic mass is 9.74. The summed E-state index contributed by atoms with van der Waals surface area (Å²) in [4.78, 5) is 10.9. The van der Waals surface area contributed by atoms with Crippen molar-refractivity contribution in [2.75, 3.05) is 0 Å². The Morgan fingerprint density at radius 1 is 1.60 bits per heavy atom. The number of β-lactam (4-membered cyclic amide) rings is 1. The molecule has 1 rings (SSSR count). The fraction of sp³-hybridized carbons (Fsp3) is 0.875. The smallest absolute Gasteiger partial charge is 0.227 e. The molecule has 1 fully saturated rings. The largest absolute Gasteiger partial charge is 0.352 e. The Bertz CT molecular complexity index is 151. The number of rotatable bonds is 2. The van der Waals surface area contributed by atoms with Crippen LogP contribution in [0.15, 0.2) is 0 Å². The maximum absolute atomic E-state index is 10.9. The van der Waals surface area contributed by atoms with Crippen molar-refractivity contribution >= 4 is 5.91 Å². The number of carbonyl (C=O) groups excluding carboxylic acids is 1. The molecule has 0 aliphatic carbocycles. The van der Waals surface area contributed by atoms with Gasteiger partial charge in [0.2, 0.25) is 5.91 Å². The number of carbonyl (C=O) groups is 1. The second-order valence-corrected chi connectivity index (χ2v) is 3.54. The van der Waals surface area contributed by atoms with Crippen molar-refractivity contribution in [2.45, 2.75) is 39.7 Å². The van der Waals surface area contributed by atoms with E-state index in [0.717, 1.165) is 12.8 Å². The van der Waals surface area contributed by atoms with Crippen molar-refractivity contribution in [1.82, 2.24) is 5.32 Å². The average molecular weight is 141 g/mol. The molecule has 1 aliphatic heterocycles. The maximum Gasteiger partial charge on any atom is 0.227 e. The lowest BCUT2D eigenvalue weighted by molar-refractivity contribution is -0.143. The van der Waals surface area contributed by atoms with E-state index in [1.807, 2.05) is 13.8 Å². The van der Waals surface area contributed by atoms with Gasteiger partial charge < -0.3 is 5.32 Å². The molecule has 2 heteroatoms. The fourth-order valence-corrected chi connectivity index (χ4v) is 1.33. The number of nitrogens with one attached hydrogen (secondary N) is 1. The molecule has 0 radical (unpaired) electrons. The molecule has 1 heterocycles. The van der Waals surface area contributed by atoms with E-state index in [0.29, 0.717) is 6.04 Å². The van der Waals surface area contributed by atoms with Gasteiger partial charge in [0.15, 0.2) is 0 Å². The molecule has 0 saturated carbocycles. The third kappa shape index (κ3) is 0.917. The predicted octanol–water partition coefficient (Wildman–Crippen LogP) is 1.31. The van der Waals surface area contributed by atoms with Gasteiger partial charge in [0.1, 0.15) is 0 Å². The van der Waals surface area contributed by atoms with E-state index in [2.05, 4.69) is 12.2 Å². The monoisotopic (exact) mass is 141 g/mol. The third-order valence-electron chi connectivity index (χ3n) is 2.34. The molecule has 2 nitrogen and oxygen atoms in total. The summed E-state index contributed by atoms with van der Waals surface area (Å²) in [6, 6.07) is 0.421. The SMILES string of the molecule is CCCC1NC(=O)C1(C)C. The fourth-order valence-electron chi connectivity index (χ4n) is 1.33. The van der Waals surface area contributed by atoms with E-state index < -0.39 is 0 Å². The summed E-state index contributed by atoms with van der Waals surface area (Å²) >= 11 is 0. The topological polar surface area (TPSA) is 29.1 Å². The van der Waals surface area contributed by atoms with Crippen LogP contribution in [-0.2, 0) is 4.79 Å². The van der Waals surface area contributed by atoms with Gasteiger partial charge in [0, 0.05) is 6.04 Å². The molecule has 0 aromatic heterocycles. The molecule has 0 bridgehead atoms. The van der Waals surface area contributed by atoms with Gasteiger partial charge in [-0.2, -0.15) is 0 Å². The van der Waals surface area contributed by atoms with Crippen molar-refractivity contribution in [3.8, 4) is 0 Å². The lowest BCUT2D eigenvalue weighted by Gasteiger charge is -2.43. The van der Waals surface area contributed by atoms with E-state index in [9.17, 15) is 4.79 Å². The summed E-state index contributed by atoms with van der Waals surface area (Å²) in [6.45, 7) is 6.15. The molecule has 1 saturated heterocycles. The Kier molecular flexibility index (Phi) is 1.71. The van der Waals surface area contributed by atoms with Crippen molar-refractivity contribution in [2.24, 2.45) is 5.41 Å². The van der Waals surface area contributed by atoms with Crippen LogP contribution in [0.4, 0.5) is 0 Å². The third-order valence-corrected chi connectivity index (χ3v) is 2.34. The molecule has 0 aromatic carbocycles. The molecule has 1 atom stereocenters. The maximum atomic E-state index is 10.9. The van der Waals surface area contributed by atoms with E-state index in [1.165, 1.54) is 0 Å². The van der Waals surface area contributed by atoms with E-state index in [1.54, 1.807) is 0 Å². The van der Waals surface area contributed by atoms with Crippen LogP contribution in [0.5, 0.6) is 0 Å². The van der Waals surface area contributed by atoms with Gasteiger partial charge >= 0.3 is 0 Å². The molecule has 1 amide bonds. The Hall–Kier alpha value is -0.530. The van der Waals surface area contributed by atoms with E-state index in [4.69, 9.17) is 0 Å². The number of amides is 1. The summed E-state index contributed by atoms with van der Waals surface area (Å²) in [6.07, 6.45) is 2.26. The van der Waals surface area contributed by atoms with Crippen LogP contribution in [0.1, 0.15) is 33.6 Å². The zero-order valence-corrected chi connectivity index (χ0v) is 6.90. The zero-order chi connectivity index (χ0) is 7.78. The van der Waals surface area contributed by atoms with E-state index >= 15 is 0 Å². The summed E-state index contributed by atoms with van der Waals surface area (Å²) in [7, 11) is 0. The summed E-state index contributed by atoms with van der Waals surface area (Å²) in [5, 5.41) is 2.90. The Balaban J connectivity index is 2.46. The highest BCUT2D eigenvalue weighted by molar-refractivity contribution is 5.89. The van der Waals surface area contributed by atoms with Gasteiger partial charge in [0.05, 0.1) is 5.41 Å². The highest BCUT2D eigenvalue weighted by atomic mass is 16.2. The number of hydrogen-bond acceptors (Lipinski definition) is 1. The minimum atomic E-state index is -0.101. The van der Waals surface area contributed by atoms with Crippen LogP contribution in [0.25, 0.3) is 0 Å². The quantitative estimate of drug-likeness (QED) is 0.577. The Labute approximate surface area is 62.0 Å². The van der Waals surface area contributed by atoms with Crippen LogP contribution in [-0.4, -0.2) is 11.9 Å². The van der Waals surface area contributed by atoms with Crippen molar-refractivity contribution in [3.63, 3.8) is 0 Å². The van der Waals surface area contributed by atoms with Gasteiger partial charge in [-0.25, -0.2) is 0 Å². The van der Waals surface area contributed by atoms with E-state index in [-0.39, 0.29) is 11.3 Å².